The van der Waals surface area contributed by atoms with Gasteiger partial charge >= 0.3 is 6.09 Å². The summed E-state index contributed by atoms with van der Waals surface area (Å²) in [5, 5.41) is 3.03. The first-order valence-electron chi connectivity index (χ1n) is 9.71. The molecule has 1 aromatic rings. The summed E-state index contributed by atoms with van der Waals surface area (Å²) in [7, 11) is 1.51. The van der Waals surface area contributed by atoms with E-state index in [1.807, 2.05) is 13.8 Å². The molecule has 0 radical (unpaired) electrons. The van der Waals surface area contributed by atoms with Gasteiger partial charge in [-0.05, 0) is 45.9 Å². The van der Waals surface area contributed by atoms with Crippen molar-refractivity contribution in [3.63, 3.8) is 0 Å². The number of methoxy groups -OCH3 is 1. The van der Waals surface area contributed by atoms with E-state index in [1.54, 1.807) is 32.0 Å². The van der Waals surface area contributed by atoms with Gasteiger partial charge < -0.3 is 33.2 Å². The standard InChI is InChI=1S/C20H26ClNO8/c1-19(2)25-9-13(28-19)14-15(16-17(26-14)30-20(3,4)29-16)27-18(23)22-10-6-7-12(24-5)11(21)8-10/h6-8,13-17H,9H2,1-5H3,(H,22,23)/t13?,14?,15?,16?,17-/m1/s1. The lowest BCUT2D eigenvalue weighted by molar-refractivity contribution is -0.231. The van der Waals surface area contributed by atoms with E-state index < -0.39 is 48.4 Å². The van der Waals surface area contributed by atoms with Crippen molar-refractivity contribution in [1.82, 2.24) is 0 Å². The highest BCUT2D eigenvalue weighted by Crippen LogP contribution is 2.42. The van der Waals surface area contributed by atoms with Gasteiger partial charge in [-0.15, -0.1) is 0 Å². The SMILES string of the molecule is COc1ccc(NC(=O)OC2C(C3COC(C)(C)O3)O[C@@H]3OC(C)(C)OC23)cc1Cl. The Labute approximate surface area is 179 Å². The second-order valence-corrected chi connectivity index (χ2v) is 8.69. The normalized spacial score (nSPS) is 33.9. The Morgan fingerprint density at radius 1 is 1.13 bits per heavy atom. The molecule has 0 saturated carbocycles. The molecule has 5 atom stereocenters. The van der Waals surface area contributed by atoms with Crippen molar-refractivity contribution in [1.29, 1.82) is 0 Å². The number of carbonyl (C=O) groups excluding carboxylic acids is 1. The number of ether oxygens (including phenoxy) is 7. The van der Waals surface area contributed by atoms with Gasteiger partial charge in [-0.1, -0.05) is 11.6 Å². The minimum Gasteiger partial charge on any atom is -0.495 e. The summed E-state index contributed by atoms with van der Waals surface area (Å²) in [6.07, 6.45) is -3.75. The summed E-state index contributed by atoms with van der Waals surface area (Å²) in [5.41, 5.74) is 0.461. The molecule has 3 fully saturated rings. The third kappa shape index (κ3) is 4.37. The number of carbonyl (C=O) groups is 1. The molecule has 0 spiro atoms. The average molecular weight is 444 g/mol. The Balaban J connectivity index is 1.48. The highest BCUT2D eigenvalue weighted by atomic mass is 35.5. The number of fused-ring (bicyclic) bond motifs is 1. The number of hydrogen-bond donors (Lipinski definition) is 1. The maximum Gasteiger partial charge on any atom is 0.412 e. The van der Waals surface area contributed by atoms with E-state index in [2.05, 4.69) is 5.32 Å². The molecule has 166 valence electrons. The first kappa shape index (κ1) is 21.6. The van der Waals surface area contributed by atoms with Crippen molar-refractivity contribution < 1.29 is 38.0 Å². The first-order chi connectivity index (χ1) is 14.1. The molecule has 4 unspecified atom stereocenters. The molecule has 3 saturated heterocycles. The third-order valence-electron chi connectivity index (χ3n) is 5.07. The maximum atomic E-state index is 12.6. The molecular formula is C20H26ClNO8. The zero-order valence-corrected chi connectivity index (χ0v) is 18.2. The van der Waals surface area contributed by atoms with Crippen LogP contribution in [0.5, 0.6) is 5.75 Å². The van der Waals surface area contributed by atoms with Crippen LogP contribution >= 0.6 is 11.6 Å². The molecule has 3 aliphatic heterocycles. The highest BCUT2D eigenvalue weighted by Gasteiger charge is 2.60. The first-order valence-corrected chi connectivity index (χ1v) is 10.1. The molecule has 0 bridgehead atoms. The third-order valence-corrected chi connectivity index (χ3v) is 5.36. The van der Waals surface area contributed by atoms with Crippen molar-refractivity contribution >= 4 is 23.4 Å². The van der Waals surface area contributed by atoms with Crippen LogP contribution in [-0.2, 0) is 28.4 Å². The number of nitrogens with one attached hydrogen (secondary N) is 1. The molecule has 4 rings (SSSR count). The molecule has 1 amide bonds. The van der Waals surface area contributed by atoms with Gasteiger partial charge in [-0.2, -0.15) is 0 Å². The smallest absolute Gasteiger partial charge is 0.412 e. The van der Waals surface area contributed by atoms with Crippen LogP contribution in [-0.4, -0.2) is 62.1 Å². The molecule has 3 aliphatic rings. The fourth-order valence-electron chi connectivity index (χ4n) is 3.83. The summed E-state index contributed by atoms with van der Waals surface area (Å²) in [4.78, 5) is 12.6. The summed E-state index contributed by atoms with van der Waals surface area (Å²) in [5.74, 6) is -1.10. The molecule has 0 aromatic heterocycles. The Morgan fingerprint density at radius 2 is 1.90 bits per heavy atom. The van der Waals surface area contributed by atoms with Gasteiger partial charge in [0, 0.05) is 5.69 Å². The molecule has 10 heteroatoms. The molecule has 0 aliphatic carbocycles. The number of benzene rings is 1. The largest absolute Gasteiger partial charge is 0.495 e. The number of amides is 1. The summed E-state index contributed by atoms with van der Waals surface area (Å²) >= 11 is 6.12. The van der Waals surface area contributed by atoms with E-state index >= 15 is 0 Å². The lowest BCUT2D eigenvalue weighted by atomic mass is 10.1. The maximum absolute atomic E-state index is 12.6. The summed E-state index contributed by atoms with van der Waals surface area (Å²) in [6.45, 7) is 7.48. The predicted octanol–water partition coefficient (Wildman–Crippen LogP) is 3.29. The van der Waals surface area contributed by atoms with E-state index in [1.165, 1.54) is 7.11 Å². The number of anilines is 1. The van der Waals surface area contributed by atoms with Gasteiger partial charge in [0.25, 0.3) is 0 Å². The molecule has 30 heavy (non-hydrogen) atoms. The predicted molar refractivity (Wildman–Crippen MR) is 105 cm³/mol. The van der Waals surface area contributed by atoms with Crippen molar-refractivity contribution in [3.8, 4) is 5.75 Å². The molecule has 1 aromatic carbocycles. The van der Waals surface area contributed by atoms with E-state index in [0.717, 1.165) is 0 Å². The van der Waals surface area contributed by atoms with Gasteiger partial charge in [0.05, 0.1) is 18.7 Å². The van der Waals surface area contributed by atoms with E-state index in [4.69, 9.17) is 44.8 Å². The average Bonchev–Trinajstić information content (AvgIpc) is 3.25. The number of rotatable bonds is 4. The van der Waals surface area contributed by atoms with Crippen molar-refractivity contribution in [2.24, 2.45) is 0 Å². The van der Waals surface area contributed by atoms with Gasteiger partial charge in [0.1, 0.15) is 18.0 Å². The van der Waals surface area contributed by atoms with Gasteiger partial charge in [0.15, 0.2) is 30.1 Å². The van der Waals surface area contributed by atoms with Crippen LogP contribution in [0, 0.1) is 0 Å². The number of halogens is 1. The number of hydrogen-bond acceptors (Lipinski definition) is 8. The molecule has 3 heterocycles. The van der Waals surface area contributed by atoms with Crippen molar-refractivity contribution in [3.05, 3.63) is 23.2 Å². The second kappa shape index (κ2) is 7.81. The van der Waals surface area contributed by atoms with Crippen LogP contribution in [0.25, 0.3) is 0 Å². The topological polar surface area (TPSA) is 93.7 Å². The van der Waals surface area contributed by atoms with E-state index in [-0.39, 0.29) is 0 Å². The van der Waals surface area contributed by atoms with Crippen molar-refractivity contribution in [2.45, 2.75) is 70.0 Å². The fraction of sp³-hybridized carbons (Fsp3) is 0.650. The van der Waals surface area contributed by atoms with Crippen molar-refractivity contribution in [2.75, 3.05) is 19.0 Å². The van der Waals surface area contributed by atoms with Crippen LogP contribution in [0.3, 0.4) is 0 Å². The second-order valence-electron chi connectivity index (χ2n) is 8.28. The van der Waals surface area contributed by atoms with Gasteiger partial charge in [0.2, 0.25) is 0 Å². The fourth-order valence-corrected chi connectivity index (χ4v) is 4.09. The Morgan fingerprint density at radius 3 is 2.53 bits per heavy atom. The molecular weight excluding hydrogens is 418 g/mol. The van der Waals surface area contributed by atoms with Crippen LogP contribution in [0.1, 0.15) is 27.7 Å². The monoisotopic (exact) mass is 443 g/mol. The summed E-state index contributed by atoms with van der Waals surface area (Å²) < 4.78 is 40.2. The Bertz CT molecular complexity index is 816. The Kier molecular flexibility index (Phi) is 5.63. The van der Waals surface area contributed by atoms with Gasteiger partial charge in [-0.3, -0.25) is 5.32 Å². The quantitative estimate of drug-likeness (QED) is 0.757. The zero-order chi connectivity index (χ0) is 21.7. The van der Waals surface area contributed by atoms with Gasteiger partial charge in [-0.25, -0.2) is 4.79 Å². The zero-order valence-electron chi connectivity index (χ0n) is 17.5. The van der Waals surface area contributed by atoms with E-state index in [9.17, 15) is 4.79 Å². The van der Waals surface area contributed by atoms with Crippen LogP contribution in [0.15, 0.2) is 18.2 Å². The minimum absolute atomic E-state index is 0.302. The lowest BCUT2D eigenvalue weighted by Gasteiger charge is -2.28. The molecule has 1 N–H and O–H groups in total. The highest BCUT2D eigenvalue weighted by molar-refractivity contribution is 6.32. The van der Waals surface area contributed by atoms with Crippen LogP contribution < -0.4 is 10.1 Å². The Hall–Kier alpha value is -1.62. The van der Waals surface area contributed by atoms with Crippen LogP contribution in [0.2, 0.25) is 5.02 Å². The lowest BCUT2D eigenvalue weighted by Crippen LogP contribution is -2.45. The molecule has 9 nitrogen and oxygen atoms in total. The summed E-state index contributed by atoms with van der Waals surface area (Å²) in [6, 6.07) is 4.88. The van der Waals surface area contributed by atoms with E-state index in [0.29, 0.717) is 23.1 Å². The van der Waals surface area contributed by atoms with Crippen LogP contribution in [0.4, 0.5) is 10.5 Å². The minimum atomic E-state index is -0.853.